The second-order valence-corrected chi connectivity index (χ2v) is 8.61. The van der Waals surface area contributed by atoms with Gasteiger partial charge in [0.1, 0.15) is 18.5 Å². The average molecular weight is 515 g/mol. The van der Waals surface area contributed by atoms with Crippen LogP contribution in [0.1, 0.15) is 69.7 Å². The van der Waals surface area contributed by atoms with Crippen molar-refractivity contribution < 1.29 is 28.9 Å². The number of carbonyl (C=O) groups is 2. The Morgan fingerprint density at radius 3 is 2.00 bits per heavy atom. The van der Waals surface area contributed by atoms with Crippen LogP contribution in [0, 0.1) is 20.8 Å². The van der Waals surface area contributed by atoms with Crippen molar-refractivity contribution in [1.29, 1.82) is 0 Å². The molecule has 2 aromatic carbocycles. The second kappa shape index (κ2) is 19.1. The summed E-state index contributed by atoms with van der Waals surface area (Å²) in [6.07, 6.45) is 1.66. The van der Waals surface area contributed by atoms with Gasteiger partial charge in [0.25, 0.3) is 0 Å². The summed E-state index contributed by atoms with van der Waals surface area (Å²) in [6.45, 7) is 16.8. The zero-order valence-corrected chi connectivity index (χ0v) is 24.1. The van der Waals surface area contributed by atoms with Crippen LogP contribution in [-0.2, 0) is 25.5 Å². The summed E-state index contributed by atoms with van der Waals surface area (Å²) in [6, 6.07) is 14.8. The standard InChI is InChI=1S/C11H16O4.C9H10O.C8H10.C2H6.CH4O/c1-4-10(12)14-6-8-5-9(7(2)3)11(13)15-8;1-7-2-3-9-8(6-7)4-5-10-9;1-7-3-5-8(2)6-4-7;2*1-2/h8H,4-6H2,1-3H3;2-3,6H,4-5H2,1H3;3-6H,1-2H3;1-2H3;2H,1H3. The van der Waals surface area contributed by atoms with Gasteiger partial charge in [0.2, 0.25) is 0 Å². The van der Waals surface area contributed by atoms with Crippen LogP contribution in [0.4, 0.5) is 0 Å². The molecule has 0 aromatic heterocycles. The summed E-state index contributed by atoms with van der Waals surface area (Å²) in [5.41, 5.74) is 7.01. The monoisotopic (exact) mass is 514 g/mol. The van der Waals surface area contributed by atoms with Crippen LogP contribution < -0.4 is 4.74 Å². The lowest BCUT2D eigenvalue weighted by Gasteiger charge is -2.08. The molecule has 0 amide bonds. The van der Waals surface area contributed by atoms with Crippen LogP contribution in [0.3, 0.4) is 0 Å². The smallest absolute Gasteiger partial charge is 0.334 e. The number of fused-ring (bicyclic) bond motifs is 1. The van der Waals surface area contributed by atoms with Gasteiger partial charge in [0.05, 0.1) is 6.61 Å². The van der Waals surface area contributed by atoms with Crippen LogP contribution >= 0.6 is 0 Å². The lowest BCUT2D eigenvalue weighted by molar-refractivity contribution is -0.151. The van der Waals surface area contributed by atoms with Gasteiger partial charge in [-0.1, -0.05) is 79.4 Å². The number of benzene rings is 2. The van der Waals surface area contributed by atoms with E-state index in [0.717, 1.165) is 31.5 Å². The maximum absolute atomic E-state index is 11.3. The van der Waals surface area contributed by atoms with Gasteiger partial charge in [-0.15, -0.1) is 0 Å². The first-order valence-corrected chi connectivity index (χ1v) is 12.9. The largest absolute Gasteiger partial charge is 0.493 e. The molecule has 2 aromatic rings. The molecule has 0 bridgehead atoms. The molecule has 2 aliphatic rings. The quantitative estimate of drug-likeness (QED) is 0.374. The maximum Gasteiger partial charge on any atom is 0.334 e. The van der Waals surface area contributed by atoms with Crippen molar-refractivity contribution >= 4 is 11.9 Å². The molecule has 1 atom stereocenters. The second-order valence-electron chi connectivity index (χ2n) is 8.61. The minimum atomic E-state index is -0.308. The predicted octanol–water partition coefficient (Wildman–Crippen LogP) is 6.46. The van der Waals surface area contributed by atoms with Crippen LogP contribution in [0.15, 0.2) is 53.6 Å². The predicted molar refractivity (Wildman–Crippen MR) is 150 cm³/mol. The number of ether oxygens (including phenoxy) is 3. The van der Waals surface area contributed by atoms with Gasteiger partial charge in [-0.3, -0.25) is 4.79 Å². The first-order valence-electron chi connectivity index (χ1n) is 12.9. The zero-order valence-electron chi connectivity index (χ0n) is 24.1. The SMILES string of the molecule is CC.CCC(=O)OCC1CC(=C(C)C)C(=O)O1.CO.Cc1ccc(C)cc1.Cc1ccc2c(c1)CCO2. The topological polar surface area (TPSA) is 82.1 Å². The fraction of sp³-hybridized carbons (Fsp3) is 0.484. The molecule has 4 rings (SSSR count). The van der Waals surface area contributed by atoms with Crippen molar-refractivity contribution in [2.75, 3.05) is 20.3 Å². The lowest BCUT2D eigenvalue weighted by Crippen LogP contribution is -2.17. The van der Waals surface area contributed by atoms with E-state index in [1.54, 1.807) is 6.92 Å². The number of hydrogen-bond acceptors (Lipinski definition) is 6. The first kappa shape index (κ1) is 33.9. The molecular formula is C31H46O6. The zero-order chi connectivity index (χ0) is 28.4. The van der Waals surface area contributed by atoms with Crippen LogP contribution in [0.5, 0.6) is 5.75 Å². The van der Waals surface area contributed by atoms with E-state index in [4.69, 9.17) is 19.3 Å². The van der Waals surface area contributed by atoms with Gasteiger partial charge < -0.3 is 19.3 Å². The maximum atomic E-state index is 11.3. The van der Waals surface area contributed by atoms with Crippen molar-refractivity contribution in [3.63, 3.8) is 0 Å². The van der Waals surface area contributed by atoms with E-state index < -0.39 is 0 Å². The number of aliphatic hydroxyl groups is 1. The third kappa shape index (κ3) is 13.1. The van der Waals surface area contributed by atoms with Crippen molar-refractivity contribution in [1.82, 2.24) is 0 Å². The van der Waals surface area contributed by atoms with Crippen molar-refractivity contribution in [3.8, 4) is 5.75 Å². The van der Waals surface area contributed by atoms with Gasteiger partial charge in [0.15, 0.2) is 0 Å². The van der Waals surface area contributed by atoms with Gasteiger partial charge in [0, 0.05) is 31.9 Å². The number of carbonyl (C=O) groups excluding carboxylic acids is 2. The summed E-state index contributed by atoms with van der Waals surface area (Å²) in [5.74, 6) is 0.523. The number of allylic oxidation sites excluding steroid dienone is 1. The van der Waals surface area contributed by atoms with E-state index in [9.17, 15) is 9.59 Å². The third-order valence-corrected chi connectivity index (χ3v) is 5.34. The van der Waals surface area contributed by atoms with Crippen molar-refractivity contribution in [2.45, 2.75) is 80.8 Å². The Bertz CT molecular complexity index is 951. The van der Waals surface area contributed by atoms with Gasteiger partial charge >= 0.3 is 11.9 Å². The van der Waals surface area contributed by atoms with Crippen molar-refractivity contribution in [3.05, 3.63) is 75.9 Å². The Hall–Kier alpha value is -3.12. The molecular weight excluding hydrogens is 468 g/mol. The summed E-state index contributed by atoms with van der Waals surface area (Å²) in [5, 5.41) is 7.00. The molecule has 1 saturated heterocycles. The molecule has 0 spiro atoms. The molecule has 6 heteroatoms. The minimum absolute atomic E-state index is 0.162. The Morgan fingerprint density at radius 2 is 1.51 bits per heavy atom. The van der Waals surface area contributed by atoms with Crippen LogP contribution in [0.25, 0.3) is 0 Å². The molecule has 0 radical (unpaired) electrons. The number of cyclic esters (lactones) is 1. The Morgan fingerprint density at radius 1 is 0.973 bits per heavy atom. The molecule has 1 fully saturated rings. The Balaban J connectivity index is 0.000000512. The molecule has 206 valence electrons. The molecule has 1 unspecified atom stereocenters. The van der Waals surface area contributed by atoms with Crippen molar-refractivity contribution in [2.24, 2.45) is 0 Å². The molecule has 6 nitrogen and oxygen atoms in total. The van der Waals surface area contributed by atoms with Gasteiger partial charge in [-0.25, -0.2) is 4.79 Å². The molecule has 0 saturated carbocycles. The summed E-state index contributed by atoms with van der Waals surface area (Å²) in [7, 11) is 1.00. The highest BCUT2D eigenvalue weighted by Crippen LogP contribution is 2.25. The number of aryl methyl sites for hydroxylation is 3. The average Bonchev–Trinajstić information content (AvgIpc) is 3.53. The first-order chi connectivity index (χ1) is 17.7. The van der Waals surface area contributed by atoms with Gasteiger partial charge in [-0.2, -0.15) is 0 Å². The van der Waals surface area contributed by atoms with E-state index in [2.05, 4.69) is 63.2 Å². The highest BCUT2D eigenvalue weighted by atomic mass is 16.6. The van der Waals surface area contributed by atoms with Crippen LogP contribution in [-0.4, -0.2) is 43.5 Å². The summed E-state index contributed by atoms with van der Waals surface area (Å²) < 4.78 is 15.3. The Labute approximate surface area is 223 Å². The number of hydrogen-bond donors (Lipinski definition) is 1. The lowest BCUT2D eigenvalue weighted by atomic mass is 10.1. The van der Waals surface area contributed by atoms with E-state index in [-0.39, 0.29) is 24.6 Å². The van der Waals surface area contributed by atoms with Gasteiger partial charge in [-0.05, 0) is 46.2 Å². The van der Waals surface area contributed by atoms with E-state index in [0.29, 0.717) is 18.4 Å². The summed E-state index contributed by atoms with van der Waals surface area (Å²) >= 11 is 0. The molecule has 2 heterocycles. The number of rotatable bonds is 3. The minimum Gasteiger partial charge on any atom is -0.493 e. The fourth-order valence-electron chi connectivity index (χ4n) is 3.32. The fourth-order valence-corrected chi connectivity index (χ4v) is 3.32. The normalized spacial score (nSPS) is 14.4. The number of esters is 2. The third-order valence-electron chi connectivity index (χ3n) is 5.34. The van der Waals surface area contributed by atoms with E-state index in [1.807, 2.05) is 27.7 Å². The van der Waals surface area contributed by atoms with E-state index >= 15 is 0 Å². The molecule has 37 heavy (non-hydrogen) atoms. The summed E-state index contributed by atoms with van der Waals surface area (Å²) in [4.78, 5) is 22.2. The molecule has 1 N–H and O–H groups in total. The number of aliphatic hydroxyl groups excluding tert-OH is 1. The van der Waals surface area contributed by atoms with Crippen LogP contribution in [0.2, 0.25) is 0 Å². The highest BCUT2D eigenvalue weighted by molar-refractivity contribution is 5.91. The van der Waals surface area contributed by atoms with E-state index in [1.165, 1.54) is 22.3 Å². The highest BCUT2D eigenvalue weighted by Gasteiger charge is 2.30. The molecule has 2 aliphatic heterocycles. The molecule has 0 aliphatic carbocycles. The Kier molecular flexibility index (Phi) is 17.4.